The Morgan fingerprint density at radius 3 is 2.12 bits per heavy atom. The van der Waals surface area contributed by atoms with E-state index >= 15 is 0 Å². The SMILES string of the molecule is c1ccc(C2=NN3C2C3c2ccccc2)cc1. The summed E-state index contributed by atoms with van der Waals surface area (Å²) in [5.41, 5.74) is 3.86. The molecule has 2 aromatic rings. The molecule has 0 aromatic heterocycles. The van der Waals surface area contributed by atoms with Crippen LogP contribution in [0.5, 0.6) is 0 Å². The Balaban J connectivity index is 1.60. The Morgan fingerprint density at radius 1 is 0.765 bits per heavy atom. The standard InChI is InChI=1S/C15H12N2/c1-3-7-11(8-4-1)13-15-14(17(15)16-13)12-9-5-2-6-10-12/h1-10,14-15H. The molecule has 0 saturated carbocycles. The van der Waals surface area contributed by atoms with Gasteiger partial charge in [0.1, 0.15) is 12.1 Å². The zero-order valence-electron chi connectivity index (χ0n) is 9.32. The van der Waals surface area contributed by atoms with Crippen LogP contribution in [-0.2, 0) is 0 Å². The second kappa shape index (κ2) is 3.20. The van der Waals surface area contributed by atoms with Crippen molar-refractivity contribution in [2.75, 3.05) is 0 Å². The number of nitrogens with zero attached hydrogens (tertiary/aromatic N) is 2. The lowest BCUT2D eigenvalue weighted by Crippen LogP contribution is -2.22. The van der Waals surface area contributed by atoms with Gasteiger partial charge in [-0.25, -0.2) is 0 Å². The number of benzene rings is 2. The maximum absolute atomic E-state index is 4.57. The minimum absolute atomic E-state index is 0.478. The van der Waals surface area contributed by atoms with Gasteiger partial charge in [-0.05, 0) is 5.56 Å². The van der Waals surface area contributed by atoms with E-state index in [-0.39, 0.29) is 0 Å². The average Bonchev–Trinajstić information content (AvgIpc) is 2.96. The number of rotatable bonds is 2. The lowest BCUT2D eigenvalue weighted by atomic mass is 10.0. The summed E-state index contributed by atoms with van der Waals surface area (Å²) < 4.78 is 0. The predicted octanol–water partition coefficient (Wildman–Crippen LogP) is 2.83. The largest absolute Gasteiger partial charge is 0.275 e. The van der Waals surface area contributed by atoms with Gasteiger partial charge in [0.2, 0.25) is 0 Å². The molecule has 17 heavy (non-hydrogen) atoms. The predicted molar refractivity (Wildman–Crippen MR) is 67.8 cm³/mol. The molecule has 1 fully saturated rings. The topological polar surface area (TPSA) is 15.4 Å². The fourth-order valence-corrected chi connectivity index (χ4v) is 2.57. The van der Waals surface area contributed by atoms with E-state index in [0.29, 0.717) is 12.1 Å². The van der Waals surface area contributed by atoms with E-state index in [2.05, 4.69) is 64.7 Å². The van der Waals surface area contributed by atoms with Crippen molar-refractivity contribution in [2.24, 2.45) is 5.10 Å². The first-order valence-electron chi connectivity index (χ1n) is 5.92. The quantitative estimate of drug-likeness (QED) is 0.710. The molecule has 0 aliphatic carbocycles. The van der Waals surface area contributed by atoms with E-state index in [1.165, 1.54) is 16.8 Å². The van der Waals surface area contributed by atoms with Crippen LogP contribution in [0.3, 0.4) is 0 Å². The molecule has 2 unspecified atom stereocenters. The highest BCUT2D eigenvalue weighted by Crippen LogP contribution is 2.51. The third-order valence-electron chi connectivity index (χ3n) is 3.49. The van der Waals surface area contributed by atoms with Crippen molar-refractivity contribution >= 4 is 5.71 Å². The molecule has 0 radical (unpaired) electrons. The van der Waals surface area contributed by atoms with Crippen LogP contribution in [0, 0.1) is 0 Å². The van der Waals surface area contributed by atoms with Gasteiger partial charge in [0, 0.05) is 5.56 Å². The van der Waals surface area contributed by atoms with Crippen LogP contribution in [0.4, 0.5) is 0 Å². The van der Waals surface area contributed by atoms with E-state index < -0.39 is 0 Å². The Morgan fingerprint density at radius 2 is 1.41 bits per heavy atom. The molecule has 0 bridgehead atoms. The molecular formula is C15H12N2. The highest BCUT2D eigenvalue weighted by atomic mass is 15.7. The maximum atomic E-state index is 4.57. The third kappa shape index (κ3) is 1.24. The van der Waals surface area contributed by atoms with Crippen LogP contribution in [0.25, 0.3) is 0 Å². The first-order valence-corrected chi connectivity index (χ1v) is 5.92. The average molecular weight is 220 g/mol. The van der Waals surface area contributed by atoms with Crippen molar-refractivity contribution in [3.8, 4) is 0 Å². The lowest BCUT2D eigenvalue weighted by Gasteiger charge is -2.12. The van der Waals surface area contributed by atoms with Crippen molar-refractivity contribution in [3.05, 3.63) is 71.8 Å². The van der Waals surface area contributed by atoms with E-state index in [0.717, 1.165) is 0 Å². The van der Waals surface area contributed by atoms with Crippen LogP contribution in [0.2, 0.25) is 0 Å². The summed E-state index contributed by atoms with van der Waals surface area (Å²) in [4.78, 5) is 0. The molecule has 82 valence electrons. The van der Waals surface area contributed by atoms with Gasteiger partial charge in [0.15, 0.2) is 0 Å². The van der Waals surface area contributed by atoms with Gasteiger partial charge in [0.25, 0.3) is 0 Å². The summed E-state index contributed by atoms with van der Waals surface area (Å²) in [7, 11) is 0. The summed E-state index contributed by atoms with van der Waals surface area (Å²) in [6.45, 7) is 0. The van der Waals surface area contributed by atoms with Crippen LogP contribution < -0.4 is 0 Å². The molecule has 0 spiro atoms. The Labute approximate surface area is 100 Å². The normalized spacial score (nSPS) is 24.7. The minimum Gasteiger partial charge on any atom is -0.275 e. The van der Waals surface area contributed by atoms with E-state index in [9.17, 15) is 0 Å². The van der Waals surface area contributed by atoms with Crippen LogP contribution in [0.15, 0.2) is 65.8 Å². The van der Waals surface area contributed by atoms with Crippen LogP contribution in [-0.4, -0.2) is 16.8 Å². The second-order valence-corrected chi connectivity index (χ2v) is 4.53. The summed E-state index contributed by atoms with van der Waals surface area (Å²) >= 11 is 0. The minimum atomic E-state index is 0.478. The molecule has 0 N–H and O–H groups in total. The van der Waals surface area contributed by atoms with Gasteiger partial charge in [-0.2, -0.15) is 5.10 Å². The van der Waals surface area contributed by atoms with E-state index in [1.54, 1.807) is 0 Å². The maximum Gasteiger partial charge on any atom is 0.118 e. The van der Waals surface area contributed by atoms with Crippen LogP contribution >= 0.6 is 0 Å². The Kier molecular flexibility index (Phi) is 1.69. The van der Waals surface area contributed by atoms with E-state index in [1.807, 2.05) is 6.07 Å². The van der Waals surface area contributed by atoms with Gasteiger partial charge in [-0.15, -0.1) is 0 Å². The molecule has 0 amide bonds. The molecule has 2 aromatic carbocycles. The zero-order chi connectivity index (χ0) is 11.2. The van der Waals surface area contributed by atoms with Crippen molar-refractivity contribution in [1.82, 2.24) is 5.01 Å². The fourth-order valence-electron chi connectivity index (χ4n) is 2.57. The summed E-state index contributed by atoms with van der Waals surface area (Å²) in [6, 6.07) is 22.1. The van der Waals surface area contributed by atoms with Crippen molar-refractivity contribution in [2.45, 2.75) is 12.1 Å². The number of hydrogen-bond donors (Lipinski definition) is 0. The first-order chi connectivity index (χ1) is 8.45. The van der Waals surface area contributed by atoms with Gasteiger partial charge in [-0.1, -0.05) is 60.7 Å². The lowest BCUT2D eigenvalue weighted by molar-refractivity contribution is 0.506. The zero-order valence-corrected chi connectivity index (χ0v) is 9.32. The van der Waals surface area contributed by atoms with E-state index in [4.69, 9.17) is 0 Å². The number of hydrogen-bond acceptors (Lipinski definition) is 2. The van der Waals surface area contributed by atoms with Crippen molar-refractivity contribution in [1.29, 1.82) is 0 Å². The third-order valence-corrected chi connectivity index (χ3v) is 3.49. The van der Waals surface area contributed by atoms with Gasteiger partial charge in [0.05, 0.1) is 5.71 Å². The summed E-state index contributed by atoms with van der Waals surface area (Å²) in [5.74, 6) is 0. The molecule has 2 nitrogen and oxygen atoms in total. The van der Waals surface area contributed by atoms with Gasteiger partial charge >= 0.3 is 0 Å². The molecule has 2 aliphatic rings. The summed E-state index contributed by atoms with van der Waals surface area (Å²) in [6.07, 6.45) is 0. The first kappa shape index (κ1) is 8.99. The molecular weight excluding hydrogens is 208 g/mol. The smallest absolute Gasteiger partial charge is 0.118 e. The van der Waals surface area contributed by atoms with Gasteiger partial charge in [-0.3, -0.25) is 5.01 Å². The number of fused-ring (bicyclic) bond motifs is 1. The van der Waals surface area contributed by atoms with Gasteiger partial charge < -0.3 is 0 Å². The molecule has 2 heterocycles. The fraction of sp³-hybridized carbons (Fsp3) is 0.133. The van der Waals surface area contributed by atoms with Crippen molar-refractivity contribution in [3.63, 3.8) is 0 Å². The number of hydrazone groups is 1. The van der Waals surface area contributed by atoms with Crippen LogP contribution in [0.1, 0.15) is 17.2 Å². The molecule has 2 aliphatic heterocycles. The Bertz CT molecular complexity index is 574. The second-order valence-electron chi connectivity index (χ2n) is 4.53. The molecule has 2 atom stereocenters. The summed E-state index contributed by atoms with van der Waals surface area (Å²) in [5, 5.41) is 6.75. The molecule has 4 rings (SSSR count). The highest BCUT2D eigenvalue weighted by molar-refractivity contribution is 6.10. The highest BCUT2D eigenvalue weighted by Gasteiger charge is 2.58. The Hall–Kier alpha value is -2.09. The van der Waals surface area contributed by atoms with Crippen molar-refractivity contribution < 1.29 is 0 Å². The monoisotopic (exact) mass is 220 g/mol. The molecule has 1 saturated heterocycles. The molecule has 2 heteroatoms.